The van der Waals surface area contributed by atoms with E-state index in [9.17, 15) is 52.7 Å². The van der Waals surface area contributed by atoms with Gasteiger partial charge in [-0.1, -0.05) is 150 Å². The summed E-state index contributed by atoms with van der Waals surface area (Å²) >= 11 is 1.39. The fourth-order valence-corrected chi connectivity index (χ4v) is 12.1. The summed E-state index contributed by atoms with van der Waals surface area (Å²) in [6.45, 7) is 1.99. The van der Waals surface area contributed by atoms with Crippen LogP contribution in [0.2, 0.25) is 0 Å². The molecule has 7 aromatic carbocycles. The van der Waals surface area contributed by atoms with Crippen molar-refractivity contribution >= 4 is 97.0 Å². The van der Waals surface area contributed by atoms with Crippen LogP contribution in [-0.4, -0.2) is 126 Å². The van der Waals surface area contributed by atoms with Crippen LogP contribution >= 0.6 is 22.7 Å². The SMILES string of the molecule is C[C@@]1(OC(=O)c2ccccc2)[C@H](OC(=O)c2ccccc2)[C@@H](COC(=O)c2ccccc2)O[C@H]1n1c(=O)sc2c(=O)[nH]c(N)nc21.C[C@]1(OC(=O)c2ccccc2)C(OC(=O)c2ccccc2)O[C@H](COC(=O)c2ccccc2)[C@H]1OC(=O)c1ccccc1.Nc1nc2[nH]c(=O)sc2c(=O)[nH]1. The number of nitrogens with one attached hydrogen (secondary N) is 3. The number of thiazole rings is 2. The molecule has 28 nitrogen and oxygen atoms in total. The molecule has 0 spiro atoms. The third-order valence-corrected chi connectivity index (χ3v) is 17.3. The summed E-state index contributed by atoms with van der Waals surface area (Å²) < 4.78 is 54.3. The van der Waals surface area contributed by atoms with Crippen molar-refractivity contribution in [2.24, 2.45) is 0 Å². The molecule has 2 fully saturated rings. The van der Waals surface area contributed by atoms with Crippen LogP contribution in [0.5, 0.6) is 0 Å². The zero-order valence-corrected chi connectivity index (χ0v) is 54.7. The topological polar surface area (TPSA) is 401 Å². The molecule has 2 aliphatic rings. The summed E-state index contributed by atoms with van der Waals surface area (Å²) in [7, 11) is 0. The van der Waals surface area contributed by atoms with E-state index in [1.54, 1.807) is 188 Å². The second-order valence-corrected chi connectivity index (χ2v) is 24.4. The number of nitrogen functional groups attached to an aromatic ring is 2. The van der Waals surface area contributed by atoms with Crippen LogP contribution < -0.4 is 32.3 Å². The van der Waals surface area contributed by atoms with E-state index in [0.717, 1.165) is 15.9 Å². The van der Waals surface area contributed by atoms with Gasteiger partial charge in [0, 0.05) is 0 Å². The highest BCUT2D eigenvalue weighted by Crippen LogP contribution is 2.45. The van der Waals surface area contributed by atoms with Gasteiger partial charge in [0.05, 0.1) is 38.9 Å². The number of nitrogens with zero attached hydrogens (tertiary/aromatic N) is 3. The van der Waals surface area contributed by atoms with Crippen LogP contribution in [0.25, 0.3) is 20.7 Å². The molecule has 8 atom stereocenters. The molecule has 0 aliphatic carbocycles. The first-order chi connectivity index (χ1) is 48.7. The largest absolute Gasteiger partial charge is 0.459 e. The van der Waals surface area contributed by atoms with E-state index in [1.165, 1.54) is 38.1 Å². The van der Waals surface area contributed by atoms with Crippen LogP contribution in [0.1, 0.15) is 92.6 Å². The fraction of sp³-hybridized carbons (Fsp3) is 0.169. The van der Waals surface area contributed by atoms with Crippen molar-refractivity contribution in [1.29, 1.82) is 0 Å². The molecule has 13 rings (SSSR count). The lowest BCUT2D eigenvalue weighted by atomic mass is 9.95. The van der Waals surface area contributed by atoms with Crippen molar-refractivity contribution in [1.82, 2.24) is 29.5 Å². The molecule has 4 aromatic heterocycles. The number of carbonyl (C=O) groups is 7. The Morgan fingerprint density at radius 3 is 1.21 bits per heavy atom. The minimum Gasteiger partial charge on any atom is -0.459 e. The molecule has 0 saturated carbocycles. The van der Waals surface area contributed by atoms with Gasteiger partial charge in [-0.25, -0.2) is 33.6 Å². The molecule has 1 unspecified atom stereocenters. The summed E-state index contributed by atoms with van der Waals surface area (Å²) in [5.74, 6) is -5.50. The summed E-state index contributed by atoms with van der Waals surface area (Å²) in [5, 5.41) is 0. The summed E-state index contributed by atoms with van der Waals surface area (Å²) in [6.07, 6.45) is -8.30. The summed E-state index contributed by atoms with van der Waals surface area (Å²) in [5.41, 5.74) is 7.87. The van der Waals surface area contributed by atoms with Crippen LogP contribution in [0.3, 0.4) is 0 Å². The molecule has 0 bridgehead atoms. The molecular weight excluding hydrogens is 1350 g/mol. The van der Waals surface area contributed by atoms with Crippen molar-refractivity contribution in [2.75, 3.05) is 24.7 Å². The van der Waals surface area contributed by atoms with Crippen LogP contribution in [0, 0.1) is 0 Å². The highest BCUT2D eigenvalue weighted by Gasteiger charge is 2.63. The lowest BCUT2D eigenvalue weighted by Crippen LogP contribution is -2.53. The normalized spacial score (nSPS) is 19.6. The zero-order valence-electron chi connectivity index (χ0n) is 53.1. The minimum absolute atomic E-state index is 0.00144. The Morgan fingerprint density at radius 2 is 0.782 bits per heavy atom. The summed E-state index contributed by atoms with van der Waals surface area (Å²) in [4.78, 5) is 154. The number of carbonyl (C=O) groups excluding carboxylic acids is 7. The highest BCUT2D eigenvalue weighted by molar-refractivity contribution is 7.16. The van der Waals surface area contributed by atoms with Crippen molar-refractivity contribution < 1.29 is 76.2 Å². The number of rotatable bonds is 17. The van der Waals surface area contributed by atoms with Gasteiger partial charge in [0.25, 0.3) is 11.1 Å². The molecular formula is C71H58N8O20S2. The highest BCUT2D eigenvalue weighted by atomic mass is 32.1. The van der Waals surface area contributed by atoms with Crippen molar-refractivity contribution in [2.45, 2.75) is 62.0 Å². The number of hydrogen-bond acceptors (Lipinski definition) is 26. The first-order valence-electron chi connectivity index (χ1n) is 30.6. The molecule has 2 saturated heterocycles. The number of hydrogen-bond donors (Lipinski definition) is 5. The number of benzene rings is 7. The maximum atomic E-state index is 13.6. The Morgan fingerprint density at radius 1 is 0.436 bits per heavy atom. The van der Waals surface area contributed by atoms with Crippen molar-refractivity contribution in [3.8, 4) is 0 Å². The fourth-order valence-electron chi connectivity index (χ4n) is 10.6. The van der Waals surface area contributed by atoms with Gasteiger partial charge in [-0.15, -0.1) is 0 Å². The minimum atomic E-state index is -1.95. The molecule has 30 heteroatoms. The lowest BCUT2D eigenvalue weighted by molar-refractivity contribution is -0.175. The number of ether oxygens (including phenoxy) is 9. The van der Waals surface area contributed by atoms with Gasteiger partial charge >= 0.3 is 51.5 Å². The van der Waals surface area contributed by atoms with Crippen molar-refractivity contribution in [3.05, 3.63) is 291 Å². The molecule has 101 heavy (non-hydrogen) atoms. The van der Waals surface area contributed by atoms with E-state index in [-0.39, 0.29) is 76.4 Å². The first-order valence-corrected chi connectivity index (χ1v) is 32.2. The van der Waals surface area contributed by atoms with E-state index in [1.807, 2.05) is 0 Å². The van der Waals surface area contributed by atoms with Crippen LogP contribution in [0.15, 0.2) is 232 Å². The predicted octanol–water partition coefficient (Wildman–Crippen LogP) is 7.85. The Balaban J connectivity index is 0.000000174. The lowest BCUT2D eigenvalue weighted by Gasteiger charge is -2.34. The first kappa shape index (κ1) is 69.8. The molecule has 11 aromatic rings. The Labute approximate surface area is 577 Å². The second kappa shape index (κ2) is 30.9. The number of aromatic amines is 3. The molecule has 2 aliphatic heterocycles. The van der Waals surface area contributed by atoms with Gasteiger partial charge in [-0.05, 0) is 98.8 Å². The Bertz CT molecular complexity index is 5070. The molecule has 0 amide bonds. The standard InChI is InChI=1S/C34H28O9.C32H26N4O9S.C5H4N4O2S/c1-34(43-32(38)26-20-12-5-13-21-26)28(41-30(36)24-16-8-3-9-17-24)27(22-39-29(35)23-14-6-2-7-15-23)40-33(34)42-31(37)25-18-10-4-11-19-25;1-32(45-28(40)20-15-9-4-10-16-20)23(44-27(39)19-13-7-3-8-14-19)21(17-42-26(38)18-11-5-2-6-12-18)43-29(32)36-24-22(46-31(36)41)25(37)35-30(33)34-24;6-4-7-2-1(3(10)9-4)12-5(11)8-2/h2-21,27-28,33H,22H2,1H3;2-16,21,23,29H,17H2,1H3,(H3,33,34,35,37);(H4,6,7,8,9,10,11)/t27-,28-,33?,34-;21-,23-,29-,32-;/m11./s1. The smallest absolute Gasteiger partial charge is 0.340 e. The van der Waals surface area contributed by atoms with E-state index >= 15 is 0 Å². The number of aromatic nitrogens is 6. The summed E-state index contributed by atoms with van der Waals surface area (Å²) in [6, 6.07) is 57.1. The maximum Gasteiger partial charge on any atom is 0.340 e. The monoisotopic (exact) mass is 1410 g/mol. The number of H-pyrrole nitrogens is 3. The predicted molar refractivity (Wildman–Crippen MR) is 364 cm³/mol. The van der Waals surface area contributed by atoms with Gasteiger partial charge in [-0.3, -0.25) is 38.7 Å². The van der Waals surface area contributed by atoms with Gasteiger partial charge in [0.2, 0.25) is 23.8 Å². The van der Waals surface area contributed by atoms with Crippen LogP contribution in [-0.2, 0) is 42.6 Å². The number of nitrogens with two attached hydrogens (primary N) is 2. The quantitative estimate of drug-likeness (QED) is 0.0428. The Kier molecular flexibility index (Phi) is 21.4. The average Bonchev–Trinajstić information content (AvgIpc) is 1.58. The third kappa shape index (κ3) is 16.1. The van der Waals surface area contributed by atoms with Gasteiger partial charge in [0.15, 0.2) is 35.3 Å². The molecule has 6 heterocycles. The van der Waals surface area contributed by atoms with E-state index in [4.69, 9.17) is 54.1 Å². The number of esters is 7. The zero-order chi connectivity index (χ0) is 71.4. The van der Waals surface area contributed by atoms with E-state index in [0.29, 0.717) is 16.9 Å². The number of fused-ring (bicyclic) bond motifs is 2. The van der Waals surface area contributed by atoms with Gasteiger partial charge < -0.3 is 54.1 Å². The van der Waals surface area contributed by atoms with E-state index in [2.05, 4.69) is 24.9 Å². The van der Waals surface area contributed by atoms with Gasteiger partial charge in [-0.2, -0.15) is 9.97 Å². The van der Waals surface area contributed by atoms with Crippen molar-refractivity contribution in [3.63, 3.8) is 0 Å². The molecule has 514 valence electrons. The molecule has 7 N–H and O–H groups in total. The Hall–Kier alpha value is -12.5. The van der Waals surface area contributed by atoms with E-state index < -0.39 is 114 Å². The average molecular weight is 1410 g/mol. The third-order valence-electron chi connectivity index (χ3n) is 15.5. The number of anilines is 2. The molecule has 0 radical (unpaired) electrons. The van der Waals surface area contributed by atoms with Crippen LogP contribution in [0.4, 0.5) is 11.9 Å². The van der Waals surface area contributed by atoms with Gasteiger partial charge in [0.1, 0.15) is 34.8 Å². The maximum absolute atomic E-state index is 13.6. The second-order valence-electron chi connectivity index (χ2n) is 22.5.